The van der Waals surface area contributed by atoms with Gasteiger partial charge in [-0.05, 0) is 30.5 Å². The van der Waals surface area contributed by atoms with Crippen LogP contribution < -0.4 is 10.6 Å². The fourth-order valence-corrected chi connectivity index (χ4v) is 3.71. The highest BCUT2D eigenvalue weighted by Gasteiger charge is 2.19. The first-order chi connectivity index (χ1) is 9.10. The third kappa shape index (κ3) is 4.04. The van der Waals surface area contributed by atoms with E-state index in [1.165, 1.54) is 11.3 Å². The molecule has 3 nitrogen and oxygen atoms in total. The molecule has 19 heavy (non-hydrogen) atoms. The lowest BCUT2D eigenvalue weighted by Gasteiger charge is -2.31. The quantitative estimate of drug-likeness (QED) is 0.911. The lowest BCUT2D eigenvalue weighted by atomic mass is 10.0. The molecule has 106 valence electrons. The van der Waals surface area contributed by atoms with Gasteiger partial charge in [-0.1, -0.05) is 28.9 Å². The fraction of sp³-hybridized carbons (Fsp3) is 0.571. The van der Waals surface area contributed by atoms with Crippen molar-refractivity contribution < 1.29 is 4.21 Å². The number of nitrogens with zero attached hydrogens (tertiary/aromatic N) is 1. The molecule has 5 heteroatoms. The molecule has 0 spiro atoms. The molecule has 1 aliphatic heterocycles. The second-order valence-electron chi connectivity index (χ2n) is 4.98. The molecule has 1 fully saturated rings. The van der Waals surface area contributed by atoms with Crippen LogP contribution in [-0.4, -0.2) is 34.8 Å². The second-order valence-corrected chi connectivity index (χ2v) is 7.59. The Morgan fingerprint density at radius 1 is 1.42 bits per heavy atom. The Kier molecular flexibility index (Phi) is 5.42. The summed E-state index contributed by atoms with van der Waals surface area (Å²) >= 11 is 3.54. The van der Waals surface area contributed by atoms with Gasteiger partial charge >= 0.3 is 0 Å². The van der Waals surface area contributed by atoms with Crippen LogP contribution in [0.25, 0.3) is 0 Å². The Balaban J connectivity index is 2.21. The number of anilines is 1. The molecule has 0 saturated carbocycles. The molecule has 1 unspecified atom stereocenters. The van der Waals surface area contributed by atoms with Crippen LogP contribution in [0.1, 0.15) is 18.9 Å². The summed E-state index contributed by atoms with van der Waals surface area (Å²) in [6.45, 7) is 3.86. The van der Waals surface area contributed by atoms with Crippen molar-refractivity contribution in [3.8, 4) is 0 Å². The van der Waals surface area contributed by atoms with Crippen molar-refractivity contribution in [1.29, 1.82) is 0 Å². The van der Waals surface area contributed by atoms with Gasteiger partial charge in [-0.3, -0.25) is 4.21 Å². The molecule has 0 radical (unpaired) electrons. The molecule has 1 aliphatic rings. The van der Waals surface area contributed by atoms with Crippen LogP contribution in [0.15, 0.2) is 22.7 Å². The van der Waals surface area contributed by atoms with Gasteiger partial charge in [0.15, 0.2) is 0 Å². The van der Waals surface area contributed by atoms with Crippen LogP contribution in [0.4, 0.5) is 5.69 Å². The molecular weight excluding hydrogens is 324 g/mol. The highest BCUT2D eigenvalue weighted by atomic mass is 79.9. The highest BCUT2D eigenvalue weighted by Crippen LogP contribution is 2.27. The van der Waals surface area contributed by atoms with E-state index in [4.69, 9.17) is 5.73 Å². The molecule has 2 N–H and O–H groups in total. The average Bonchev–Trinajstić information content (AvgIpc) is 2.41. The number of hydrogen-bond donors (Lipinski definition) is 1. The van der Waals surface area contributed by atoms with Gasteiger partial charge in [-0.15, -0.1) is 0 Å². The van der Waals surface area contributed by atoms with Gasteiger partial charge in [0.1, 0.15) is 0 Å². The molecule has 0 bridgehead atoms. The largest absolute Gasteiger partial charge is 0.369 e. The van der Waals surface area contributed by atoms with Crippen LogP contribution in [-0.2, 0) is 17.2 Å². The Labute approximate surface area is 126 Å². The summed E-state index contributed by atoms with van der Waals surface area (Å²) < 4.78 is 12.6. The molecule has 1 heterocycles. The van der Waals surface area contributed by atoms with Gasteiger partial charge in [-0.2, -0.15) is 0 Å². The van der Waals surface area contributed by atoms with Crippen molar-refractivity contribution >= 4 is 32.4 Å². The molecule has 1 aromatic carbocycles. The number of rotatable bonds is 4. The minimum Gasteiger partial charge on any atom is -0.369 e. The lowest BCUT2D eigenvalue weighted by molar-refractivity contribution is 0.643. The second kappa shape index (κ2) is 6.86. The van der Waals surface area contributed by atoms with E-state index < -0.39 is 10.8 Å². The number of nitrogens with two attached hydrogens (primary N) is 1. The van der Waals surface area contributed by atoms with Crippen molar-refractivity contribution in [1.82, 2.24) is 0 Å². The van der Waals surface area contributed by atoms with E-state index in [0.29, 0.717) is 0 Å². The van der Waals surface area contributed by atoms with Gasteiger partial charge in [0, 0.05) is 51.6 Å². The zero-order valence-electron chi connectivity index (χ0n) is 11.3. The predicted molar refractivity (Wildman–Crippen MR) is 86.2 cm³/mol. The number of halogens is 1. The maximum Gasteiger partial charge on any atom is 0.0411 e. The third-order valence-corrected chi connectivity index (χ3v) is 5.34. The first-order valence-corrected chi connectivity index (χ1v) is 9.02. The first-order valence-electron chi connectivity index (χ1n) is 6.74. The van der Waals surface area contributed by atoms with Crippen molar-refractivity contribution in [3.63, 3.8) is 0 Å². The molecule has 1 saturated heterocycles. The standard InChI is InChI=1S/C14H21BrN2OS/c1-2-13(16)9-11-3-4-12(15)10-14(11)17-5-7-19(18)8-6-17/h3-4,10,13H,2,5-9,16H2,1H3. The Bertz CT molecular complexity index is 457. The fourth-order valence-electron chi connectivity index (χ4n) is 2.31. The van der Waals surface area contributed by atoms with Crippen LogP contribution in [0, 0.1) is 0 Å². The first kappa shape index (κ1) is 15.0. The Morgan fingerprint density at radius 2 is 2.11 bits per heavy atom. The SMILES string of the molecule is CCC(N)Cc1ccc(Br)cc1N1CCS(=O)CC1. The van der Waals surface area contributed by atoms with E-state index in [1.807, 2.05) is 0 Å². The molecule has 0 amide bonds. The normalized spacial score (nSPS) is 18.6. The monoisotopic (exact) mass is 344 g/mol. The van der Waals surface area contributed by atoms with E-state index in [1.54, 1.807) is 0 Å². The molecular formula is C14H21BrN2OS. The summed E-state index contributed by atoms with van der Waals surface area (Å²) in [7, 11) is -0.637. The van der Waals surface area contributed by atoms with Crippen LogP contribution in [0.2, 0.25) is 0 Å². The molecule has 2 rings (SSSR count). The van der Waals surface area contributed by atoms with Crippen LogP contribution >= 0.6 is 15.9 Å². The smallest absolute Gasteiger partial charge is 0.0411 e. The summed E-state index contributed by atoms with van der Waals surface area (Å²) in [5, 5.41) is 0. The van der Waals surface area contributed by atoms with Gasteiger partial charge in [0.2, 0.25) is 0 Å². The summed E-state index contributed by atoms with van der Waals surface area (Å²) in [5.74, 6) is 1.54. The lowest BCUT2D eigenvalue weighted by Crippen LogP contribution is -2.38. The zero-order valence-corrected chi connectivity index (χ0v) is 13.7. The van der Waals surface area contributed by atoms with Crippen LogP contribution in [0.5, 0.6) is 0 Å². The van der Waals surface area contributed by atoms with E-state index in [0.717, 1.165) is 41.9 Å². The van der Waals surface area contributed by atoms with Crippen LogP contribution in [0.3, 0.4) is 0 Å². The van der Waals surface area contributed by atoms with Gasteiger partial charge < -0.3 is 10.6 Å². The van der Waals surface area contributed by atoms with E-state index in [2.05, 4.69) is 46.0 Å². The summed E-state index contributed by atoms with van der Waals surface area (Å²) in [6.07, 6.45) is 1.89. The maximum atomic E-state index is 11.5. The van der Waals surface area contributed by atoms with E-state index in [-0.39, 0.29) is 6.04 Å². The Hall–Kier alpha value is -0.390. The predicted octanol–water partition coefficient (Wildman–Crippen LogP) is 2.30. The van der Waals surface area contributed by atoms with Crippen molar-refractivity contribution in [2.24, 2.45) is 5.73 Å². The zero-order chi connectivity index (χ0) is 13.8. The van der Waals surface area contributed by atoms with Crippen molar-refractivity contribution in [3.05, 3.63) is 28.2 Å². The van der Waals surface area contributed by atoms with Gasteiger partial charge in [0.25, 0.3) is 0 Å². The molecule has 0 aliphatic carbocycles. The summed E-state index contributed by atoms with van der Waals surface area (Å²) in [5.41, 5.74) is 8.63. The topological polar surface area (TPSA) is 46.3 Å². The molecule has 1 atom stereocenters. The highest BCUT2D eigenvalue weighted by molar-refractivity contribution is 9.10. The summed E-state index contributed by atoms with van der Waals surface area (Å²) in [6, 6.07) is 6.59. The molecule has 0 aromatic heterocycles. The number of hydrogen-bond acceptors (Lipinski definition) is 3. The minimum atomic E-state index is -0.637. The molecule has 1 aromatic rings. The average molecular weight is 345 g/mol. The van der Waals surface area contributed by atoms with E-state index >= 15 is 0 Å². The maximum absolute atomic E-state index is 11.5. The van der Waals surface area contributed by atoms with Gasteiger partial charge in [-0.25, -0.2) is 0 Å². The Morgan fingerprint density at radius 3 is 2.74 bits per heavy atom. The third-order valence-electron chi connectivity index (χ3n) is 3.57. The number of benzene rings is 1. The van der Waals surface area contributed by atoms with Crippen molar-refractivity contribution in [2.75, 3.05) is 29.5 Å². The van der Waals surface area contributed by atoms with Gasteiger partial charge in [0.05, 0.1) is 0 Å². The van der Waals surface area contributed by atoms with Crippen molar-refractivity contribution in [2.45, 2.75) is 25.8 Å². The van der Waals surface area contributed by atoms with E-state index in [9.17, 15) is 4.21 Å². The minimum absolute atomic E-state index is 0.207. The summed E-state index contributed by atoms with van der Waals surface area (Å²) in [4.78, 5) is 2.34.